The number of methoxy groups -OCH3 is 1. The van der Waals surface area contributed by atoms with Gasteiger partial charge in [0.25, 0.3) is 0 Å². The van der Waals surface area contributed by atoms with Gasteiger partial charge < -0.3 is 14.7 Å². The molecule has 1 unspecified atom stereocenters. The Morgan fingerprint density at radius 3 is 2.93 bits per heavy atom. The van der Waals surface area contributed by atoms with Gasteiger partial charge in [0.05, 0.1) is 19.6 Å². The third kappa shape index (κ3) is 2.96. The van der Waals surface area contributed by atoms with Gasteiger partial charge in [0.2, 0.25) is 0 Å². The molecule has 1 aliphatic rings. The molecular weight excluding hydrogens is 182 g/mol. The van der Waals surface area contributed by atoms with Gasteiger partial charge in [-0.3, -0.25) is 4.79 Å². The lowest BCUT2D eigenvalue weighted by Crippen LogP contribution is -2.45. The van der Waals surface area contributed by atoms with E-state index in [1.165, 1.54) is 13.5 Å². The van der Waals surface area contributed by atoms with Gasteiger partial charge in [-0.1, -0.05) is 6.42 Å². The Hall–Kier alpha value is -0.610. The van der Waals surface area contributed by atoms with Crippen LogP contribution in [0.3, 0.4) is 0 Å². The minimum absolute atomic E-state index is 0.103. The third-order valence-corrected chi connectivity index (χ3v) is 2.87. The van der Waals surface area contributed by atoms with Gasteiger partial charge in [-0.2, -0.15) is 0 Å². The van der Waals surface area contributed by atoms with Crippen molar-refractivity contribution < 1.29 is 14.6 Å². The summed E-state index contributed by atoms with van der Waals surface area (Å²) in [5, 5.41) is 9.80. The van der Waals surface area contributed by atoms with Gasteiger partial charge >= 0.3 is 5.97 Å². The lowest BCUT2D eigenvalue weighted by atomic mass is 9.96. The van der Waals surface area contributed by atoms with E-state index >= 15 is 0 Å². The van der Waals surface area contributed by atoms with Crippen LogP contribution in [-0.4, -0.2) is 48.8 Å². The van der Waals surface area contributed by atoms with Crippen molar-refractivity contribution in [1.82, 2.24) is 4.90 Å². The fourth-order valence-electron chi connectivity index (χ4n) is 1.98. The Morgan fingerprint density at radius 1 is 1.64 bits per heavy atom. The van der Waals surface area contributed by atoms with Crippen molar-refractivity contribution in [3.63, 3.8) is 0 Å². The lowest BCUT2D eigenvalue weighted by molar-refractivity contribution is -0.144. The first-order valence-corrected chi connectivity index (χ1v) is 5.10. The highest BCUT2D eigenvalue weighted by atomic mass is 16.5. The minimum atomic E-state index is -0.590. The molecule has 0 aromatic heterocycles. The first kappa shape index (κ1) is 11.5. The highest BCUT2D eigenvalue weighted by Gasteiger charge is 2.27. The number of hydrogen-bond acceptors (Lipinski definition) is 4. The smallest absolute Gasteiger partial charge is 0.308 e. The van der Waals surface area contributed by atoms with Crippen molar-refractivity contribution in [1.29, 1.82) is 0 Å². The van der Waals surface area contributed by atoms with Gasteiger partial charge in [-0.25, -0.2) is 0 Å². The molecule has 4 heteroatoms. The Bertz CT molecular complexity index is 196. The standard InChI is InChI=1S/C10H19NO3/c1-11-6-4-3-5-8(11)9(12)7-10(13)14-2/h8-9,12H,3-7H2,1-2H3/t8?,9-/m0/s1. The summed E-state index contributed by atoms with van der Waals surface area (Å²) in [6.45, 7) is 1.00. The highest BCUT2D eigenvalue weighted by Crippen LogP contribution is 2.19. The quantitative estimate of drug-likeness (QED) is 0.671. The molecule has 0 amide bonds. The van der Waals surface area contributed by atoms with E-state index in [0.29, 0.717) is 0 Å². The maximum Gasteiger partial charge on any atom is 0.308 e. The summed E-state index contributed by atoms with van der Waals surface area (Å²) in [4.78, 5) is 13.1. The van der Waals surface area contributed by atoms with Crippen LogP contribution in [0.25, 0.3) is 0 Å². The van der Waals surface area contributed by atoms with Crippen molar-refractivity contribution in [2.75, 3.05) is 20.7 Å². The fourth-order valence-corrected chi connectivity index (χ4v) is 1.98. The lowest BCUT2D eigenvalue weighted by Gasteiger charge is -2.35. The van der Waals surface area contributed by atoms with Crippen LogP contribution in [0.1, 0.15) is 25.7 Å². The largest absolute Gasteiger partial charge is 0.469 e. The number of piperidine rings is 1. The zero-order chi connectivity index (χ0) is 10.6. The molecule has 0 spiro atoms. The van der Waals surface area contributed by atoms with Crippen LogP contribution in [0.5, 0.6) is 0 Å². The first-order chi connectivity index (χ1) is 6.65. The Kier molecular flexibility index (Phi) is 4.35. The second kappa shape index (κ2) is 5.32. The predicted molar refractivity (Wildman–Crippen MR) is 52.9 cm³/mol. The summed E-state index contributed by atoms with van der Waals surface area (Å²) in [7, 11) is 3.34. The summed E-state index contributed by atoms with van der Waals surface area (Å²) in [6.07, 6.45) is 2.79. The number of likely N-dealkylation sites (tertiary alicyclic amines) is 1. The van der Waals surface area contributed by atoms with Crippen LogP contribution in [0, 0.1) is 0 Å². The number of carbonyl (C=O) groups excluding carboxylic acids is 1. The van der Waals surface area contributed by atoms with E-state index in [4.69, 9.17) is 0 Å². The number of rotatable bonds is 3. The fraction of sp³-hybridized carbons (Fsp3) is 0.900. The van der Waals surface area contributed by atoms with Gasteiger partial charge in [0.15, 0.2) is 0 Å². The summed E-state index contributed by atoms with van der Waals surface area (Å²) in [5.74, 6) is -0.337. The molecule has 2 atom stereocenters. The molecule has 1 N–H and O–H groups in total. The summed E-state index contributed by atoms with van der Waals surface area (Å²) >= 11 is 0. The molecular formula is C10H19NO3. The first-order valence-electron chi connectivity index (χ1n) is 5.10. The number of aliphatic hydroxyl groups excluding tert-OH is 1. The predicted octanol–water partition coefficient (Wildman–Crippen LogP) is 0.395. The van der Waals surface area contributed by atoms with Gasteiger partial charge in [-0.15, -0.1) is 0 Å². The van der Waals surface area contributed by atoms with Gasteiger partial charge in [0, 0.05) is 6.04 Å². The van der Waals surface area contributed by atoms with E-state index in [0.717, 1.165) is 19.4 Å². The molecule has 1 aliphatic heterocycles. The van der Waals surface area contributed by atoms with E-state index < -0.39 is 6.10 Å². The van der Waals surface area contributed by atoms with Gasteiger partial charge in [0.1, 0.15) is 0 Å². The van der Waals surface area contributed by atoms with Gasteiger partial charge in [-0.05, 0) is 26.4 Å². The van der Waals surface area contributed by atoms with Crippen molar-refractivity contribution in [3.05, 3.63) is 0 Å². The Morgan fingerprint density at radius 2 is 2.36 bits per heavy atom. The molecule has 1 heterocycles. The average molecular weight is 201 g/mol. The summed E-state index contributed by atoms with van der Waals surface area (Å²) in [5.41, 5.74) is 0. The van der Waals surface area contributed by atoms with Crippen LogP contribution >= 0.6 is 0 Å². The monoisotopic (exact) mass is 201 g/mol. The maximum absolute atomic E-state index is 11.0. The number of esters is 1. The molecule has 0 aliphatic carbocycles. The Labute approximate surface area is 84.8 Å². The number of nitrogens with zero attached hydrogens (tertiary/aromatic N) is 1. The van der Waals surface area contributed by atoms with Crippen LogP contribution in [-0.2, 0) is 9.53 Å². The van der Waals surface area contributed by atoms with Crippen molar-refractivity contribution in [3.8, 4) is 0 Å². The van der Waals surface area contributed by atoms with Crippen molar-refractivity contribution >= 4 is 5.97 Å². The second-order valence-corrected chi connectivity index (χ2v) is 3.89. The van der Waals surface area contributed by atoms with E-state index in [1.807, 2.05) is 7.05 Å². The topological polar surface area (TPSA) is 49.8 Å². The maximum atomic E-state index is 11.0. The molecule has 0 bridgehead atoms. The molecule has 0 saturated carbocycles. The van der Waals surface area contributed by atoms with Crippen molar-refractivity contribution in [2.24, 2.45) is 0 Å². The number of ether oxygens (including phenoxy) is 1. The second-order valence-electron chi connectivity index (χ2n) is 3.89. The SMILES string of the molecule is COC(=O)C[C@H](O)C1CCCCN1C. The number of hydrogen-bond donors (Lipinski definition) is 1. The molecule has 82 valence electrons. The van der Waals surface area contributed by atoms with Crippen LogP contribution in [0.4, 0.5) is 0 Å². The van der Waals surface area contributed by atoms with E-state index in [2.05, 4.69) is 9.64 Å². The molecule has 1 fully saturated rings. The third-order valence-electron chi connectivity index (χ3n) is 2.87. The van der Waals surface area contributed by atoms with Crippen LogP contribution in [0.2, 0.25) is 0 Å². The van der Waals surface area contributed by atoms with E-state index in [1.54, 1.807) is 0 Å². The average Bonchev–Trinajstić information content (AvgIpc) is 2.18. The molecule has 0 radical (unpaired) electrons. The molecule has 1 saturated heterocycles. The zero-order valence-electron chi connectivity index (χ0n) is 8.90. The van der Waals surface area contributed by atoms with Crippen LogP contribution in [0.15, 0.2) is 0 Å². The molecule has 14 heavy (non-hydrogen) atoms. The number of aliphatic hydroxyl groups is 1. The molecule has 0 aromatic carbocycles. The minimum Gasteiger partial charge on any atom is -0.469 e. The molecule has 4 nitrogen and oxygen atoms in total. The van der Waals surface area contributed by atoms with Crippen LogP contribution < -0.4 is 0 Å². The number of carbonyl (C=O) groups is 1. The normalized spacial score (nSPS) is 25.8. The molecule has 1 rings (SSSR count). The highest BCUT2D eigenvalue weighted by molar-refractivity contribution is 5.69. The number of likely N-dealkylation sites (N-methyl/N-ethyl adjacent to an activating group) is 1. The zero-order valence-corrected chi connectivity index (χ0v) is 8.90. The van der Waals surface area contributed by atoms with E-state index in [9.17, 15) is 9.90 Å². The summed E-state index contributed by atoms with van der Waals surface area (Å²) in [6, 6.07) is 0.114. The summed E-state index contributed by atoms with van der Waals surface area (Å²) < 4.78 is 4.53. The van der Waals surface area contributed by atoms with Crippen molar-refractivity contribution in [2.45, 2.75) is 37.8 Å². The Balaban J connectivity index is 2.41. The van der Waals surface area contributed by atoms with E-state index in [-0.39, 0.29) is 18.4 Å². The molecule has 0 aromatic rings.